The van der Waals surface area contributed by atoms with Gasteiger partial charge in [-0.1, -0.05) is 12.1 Å². The fraction of sp³-hybridized carbons (Fsp3) is 0.556. The Balaban J connectivity index is 1.46. The summed E-state index contributed by atoms with van der Waals surface area (Å²) in [6.45, 7) is 1.54. The summed E-state index contributed by atoms with van der Waals surface area (Å²) in [7, 11) is 0. The van der Waals surface area contributed by atoms with Crippen molar-refractivity contribution in [2.45, 2.75) is 51.0 Å². The monoisotopic (exact) mass is 315 g/mol. The largest absolute Gasteiger partial charge is 0.354 e. The SMILES string of the molecule is O=C(CCC(=O)c1ccc2c(c1)CCCC2)NCC1CCNN1. The van der Waals surface area contributed by atoms with E-state index in [1.165, 1.54) is 24.0 Å². The summed E-state index contributed by atoms with van der Waals surface area (Å²) in [5, 5.41) is 2.89. The molecule has 0 saturated carbocycles. The van der Waals surface area contributed by atoms with Crippen molar-refractivity contribution < 1.29 is 9.59 Å². The van der Waals surface area contributed by atoms with Gasteiger partial charge >= 0.3 is 0 Å². The molecular formula is C18H25N3O2. The van der Waals surface area contributed by atoms with Gasteiger partial charge in [0.25, 0.3) is 0 Å². The number of nitrogens with one attached hydrogen (secondary N) is 3. The van der Waals surface area contributed by atoms with Crippen LogP contribution in [0.15, 0.2) is 18.2 Å². The molecule has 0 spiro atoms. The van der Waals surface area contributed by atoms with Gasteiger partial charge in [0.05, 0.1) is 0 Å². The van der Waals surface area contributed by atoms with E-state index >= 15 is 0 Å². The highest BCUT2D eigenvalue weighted by Gasteiger charge is 2.16. The number of amides is 1. The average molecular weight is 315 g/mol. The third-order valence-electron chi connectivity index (χ3n) is 4.72. The van der Waals surface area contributed by atoms with E-state index in [2.05, 4.69) is 22.2 Å². The van der Waals surface area contributed by atoms with Crippen LogP contribution >= 0.6 is 0 Å². The van der Waals surface area contributed by atoms with Crippen molar-refractivity contribution in [3.8, 4) is 0 Å². The van der Waals surface area contributed by atoms with Crippen molar-refractivity contribution in [3.63, 3.8) is 0 Å². The molecule has 3 rings (SSSR count). The van der Waals surface area contributed by atoms with E-state index in [0.717, 1.165) is 31.4 Å². The fourth-order valence-corrected chi connectivity index (χ4v) is 3.29. The minimum atomic E-state index is -0.0509. The molecule has 3 N–H and O–H groups in total. The molecule has 1 aromatic rings. The van der Waals surface area contributed by atoms with Crippen LogP contribution in [-0.4, -0.2) is 30.8 Å². The number of hydrazine groups is 1. The van der Waals surface area contributed by atoms with Crippen molar-refractivity contribution >= 4 is 11.7 Å². The standard InChI is InChI=1S/C18H25N3O2/c22-17(7-8-18(23)19-12-16-9-10-20-21-16)15-6-5-13-3-1-2-4-14(13)11-15/h5-6,11,16,20-21H,1-4,7-10,12H2,(H,19,23). The van der Waals surface area contributed by atoms with Crippen LogP contribution in [0.4, 0.5) is 0 Å². The lowest BCUT2D eigenvalue weighted by molar-refractivity contribution is -0.121. The molecule has 0 radical (unpaired) electrons. The molecule has 1 atom stereocenters. The maximum Gasteiger partial charge on any atom is 0.220 e. The first-order chi connectivity index (χ1) is 11.2. The lowest BCUT2D eigenvalue weighted by Gasteiger charge is -2.16. The molecule has 1 aromatic carbocycles. The first-order valence-corrected chi connectivity index (χ1v) is 8.62. The molecule has 5 nitrogen and oxygen atoms in total. The second kappa shape index (κ2) is 7.70. The highest BCUT2D eigenvalue weighted by molar-refractivity contribution is 5.98. The van der Waals surface area contributed by atoms with Gasteiger partial charge in [0.2, 0.25) is 5.91 Å². The molecule has 1 fully saturated rings. The summed E-state index contributed by atoms with van der Waals surface area (Å²) in [5.41, 5.74) is 9.58. The number of aryl methyl sites for hydroxylation is 2. The summed E-state index contributed by atoms with van der Waals surface area (Å²) < 4.78 is 0. The highest BCUT2D eigenvalue weighted by atomic mass is 16.2. The first-order valence-electron chi connectivity index (χ1n) is 8.62. The molecule has 1 unspecified atom stereocenters. The van der Waals surface area contributed by atoms with Gasteiger partial charge in [-0.05, 0) is 49.3 Å². The number of fused-ring (bicyclic) bond motifs is 1. The smallest absolute Gasteiger partial charge is 0.220 e. The van der Waals surface area contributed by atoms with Crippen LogP contribution in [-0.2, 0) is 17.6 Å². The van der Waals surface area contributed by atoms with Gasteiger partial charge in [0.15, 0.2) is 5.78 Å². The molecule has 5 heteroatoms. The van der Waals surface area contributed by atoms with E-state index in [-0.39, 0.29) is 30.6 Å². The Labute approximate surface area is 137 Å². The second-order valence-electron chi connectivity index (χ2n) is 6.47. The van der Waals surface area contributed by atoms with Crippen LogP contribution in [0.1, 0.15) is 53.6 Å². The minimum absolute atomic E-state index is 0.0509. The predicted molar refractivity (Wildman–Crippen MR) is 89.2 cm³/mol. The zero-order chi connectivity index (χ0) is 16.1. The summed E-state index contributed by atoms with van der Waals surface area (Å²) in [5.74, 6) is 0.0131. The van der Waals surface area contributed by atoms with Gasteiger partial charge < -0.3 is 5.32 Å². The maximum atomic E-state index is 12.3. The average Bonchev–Trinajstić information content (AvgIpc) is 3.11. The Kier molecular flexibility index (Phi) is 5.41. The van der Waals surface area contributed by atoms with Gasteiger partial charge in [-0.25, -0.2) is 0 Å². The minimum Gasteiger partial charge on any atom is -0.354 e. The van der Waals surface area contributed by atoms with Crippen LogP contribution in [0, 0.1) is 0 Å². The molecule has 1 amide bonds. The van der Waals surface area contributed by atoms with Crippen molar-refractivity contribution in [1.82, 2.24) is 16.2 Å². The topological polar surface area (TPSA) is 70.2 Å². The van der Waals surface area contributed by atoms with Crippen LogP contribution < -0.4 is 16.2 Å². The Hall–Kier alpha value is -1.72. The molecule has 124 valence electrons. The van der Waals surface area contributed by atoms with E-state index in [0.29, 0.717) is 6.54 Å². The molecule has 2 aliphatic rings. The lowest BCUT2D eigenvalue weighted by Crippen LogP contribution is -2.40. The van der Waals surface area contributed by atoms with Gasteiger partial charge in [-0.2, -0.15) is 0 Å². The number of carbonyl (C=O) groups is 2. The molecule has 1 saturated heterocycles. The molecule has 23 heavy (non-hydrogen) atoms. The van der Waals surface area contributed by atoms with Gasteiger partial charge in [-0.3, -0.25) is 20.4 Å². The maximum absolute atomic E-state index is 12.3. The van der Waals surface area contributed by atoms with Crippen molar-refractivity contribution in [3.05, 3.63) is 34.9 Å². The molecule has 1 aliphatic heterocycles. The Morgan fingerprint density at radius 3 is 2.74 bits per heavy atom. The number of ketones is 1. The van der Waals surface area contributed by atoms with Crippen LogP contribution in [0.2, 0.25) is 0 Å². The van der Waals surface area contributed by atoms with Gasteiger partial charge in [-0.15, -0.1) is 0 Å². The van der Waals surface area contributed by atoms with E-state index < -0.39 is 0 Å². The zero-order valence-electron chi connectivity index (χ0n) is 13.5. The van der Waals surface area contributed by atoms with E-state index in [1.807, 2.05) is 12.1 Å². The Morgan fingerprint density at radius 1 is 1.13 bits per heavy atom. The normalized spacial score (nSPS) is 20.1. The van der Waals surface area contributed by atoms with Crippen LogP contribution in [0.5, 0.6) is 0 Å². The van der Waals surface area contributed by atoms with Gasteiger partial charge in [0.1, 0.15) is 0 Å². The third kappa shape index (κ3) is 4.39. The number of hydrogen-bond acceptors (Lipinski definition) is 4. The Morgan fingerprint density at radius 2 is 1.96 bits per heavy atom. The number of carbonyl (C=O) groups excluding carboxylic acids is 2. The summed E-state index contributed by atoms with van der Waals surface area (Å²) in [6.07, 6.45) is 6.18. The number of benzene rings is 1. The summed E-state index contributed by atoms with van der Waals surface area (Å²) in [4.78, 5) is 24.1. The second-order valence-corrected chi connectivity index (χ2v) is 6.47. The zero-order valence-corrected chi connectivity index (χ0v) is 13.5. The van der Waals surface area contributed by atoms with Crippen LogP contribution in [0.3, 0.4) is 0 Å². The molecule has 0 bridgehead atoms. The van der Waals surface area contributed by atoms with Crippen molar-refractivity contribution in [2.24, 2.45) is 0 Å². The number of Topliss-reactive ketones (excluding diaryl/α,β-unsaturated/α-hetero) is 1. The molecule has 1 aliphatic carbocycles. The highest BCUT2D eigenvalue weighted by Crippen LogP contribution is 2.22. The number of rotatable bonds is 6. The number of hydrogen-bond donors (Lipinski definition) is 3. The van der Waals surface area contributed by atoms with E-state index in [1.54, 1.807) is 0 Å². The molecular weight excluding hydrogens is 290 g/mol. The molecule has 0 aromatic heterocycles. The van der Waals surface area contributed by atoms with Gasteiger partial charge in [0, 0.05) is 37.5 Å². The fourth-order valence-electron chi connectivity index (χ4n) is 3.29. The quantitative estimate of drug-likeness (QED) is 0.696. The predicted octanol–water partition coefficient (Wildman–Crippen LogP) is 1.51. The molecule has 1 heterocycles. The van der Waals surface area contributed by atoms with E-state index in [9.17, 15) is 9.59 Å². The lowest BCUT2D eigenvalue weighted by atomic mass is 9.89. The van der Waals surface area contributed by atoms with Crippen molar-refractivity contribution in [2.75, 3.05) is 13.1 Å². The summed E-state index contributed by atoms with van der Waals surface area (Å²) >= 11 is 0. The summed E-state index contributed by atoms with van der Waals surface area (Å²) in [6, 6.07) is 6.32. The van der Waals surface area contributed by atoms with Crippen molar-refractivity contribution in [1.29, 1.82) is 0 Å². The Bertz CT molecular complexity index is 580. The van der Waals surface area contributed by atoms with Crippen LogP contribution in [0.25, 0.3) is 0 Å². The third-order valence-corrected chi connectivity index (χ3v) is 4.72. The first kappa shape index (κ1) is 16.1. The van der Waals surface area contributed by atoms with E-state index in [4.69, 9.17) is 0 Å².